The van der Waals surface area contributed by atoms with E-state index in [9.17, 15) is 9.18 Å². The van der Waals surface area contributed by atoms with E-state index in [1.165, 1.54) is 17.0 Å². The zero-order valence-corrected chi connectivity index (χ0v) is 19.3. The molecule has 180 valence electrons. The van der Waals surface area contributed by atoms with E-state index < -0.39 is 11.9 Å². The van der Waals surface area contributed by atoms with Crippen molar-refractivity contribution in [1.29, 1.82) is 0 Å². The predicted octanol–water partition coefficient (Wildman–Crippen LogP) is 5.35. The third-order valence-corrected chi connectivity index (χ3v) is 6.14. The number of urea groups is 1. The summed E-state index contributed by atoms with van der Waals surface area (Å²) in [5.74, 6) is 1.39. The number of benzene rings is 3. The van der Waals surface area contributed by atoms with Crippen LogP contribution in [0.25, 0.3) is 17.0 Å². The average molecular weight is 484 g/mol. The van der Waals surface area contributed by atoms with Gasteiger partial charge in [0.05, 0.1) is 17.3 Å². The summed E-state index contributed by atoms with van der Waals surface area (Å²) in [7, 11) is 0. The summed E-state index contributed by atoms with van der Waals surface area (Å²) in [4.78, 5) is 19.5. The number of hydrogen-bond donors (Lipinski definition) is 1. The number of anilines is 1. The van der Waals surface area contributed by atoms with Gasteiger partial charge in [-0.1, -0.05) is 47.6 Å². The highest BCUT2D eigenvalue weighted by Gasteiger charge is 2.37. The Morgan fingerprint density at radius 1 is 0.972 bits per heavy atom. The Hall–Kier alpha value is -4.66. The van der Waals surface area contributed by atoms with Gasteiger partial charge in [-0.05, 0) is 36.8 Å². The predicted molar refractivity (Wildman–Crippen MR) is 130 cm³/mol. The summed E-state index contributed by atoms with van der Waals surface area (Å²) in [6.07, 6.45) is 0. The summed E-state index contributed by atoms with van der Waals surface area (Å²) >= 11 is 0. The Balaban J connectivity index is 1.49. The molecule has 2 aliphatic heterocycles. The lowest BCUT2D eigenvalue weighted by atomic mass is 9.94. The van der Waals surface area contributed by atoms with Crippen LogP contribution in [-0.2, 0) is 0 Å². The Bertz CT molecular complexity index is 1480. The van der Waals surface area contributed by atoms with Crippen molar-refractivity contribution in [1.82, 2.24) is 15.5 Å². The van der Waals surface area contributed by atoms with E-state index >= 15 is 0 Å². The smallest absolute Gasteiger partial charge is 0.327 e. The highest BCUT2D eigenvalue weighted by atomic mass is 19.1. The summed E-state index contributed by atoms with van der Waals surface area (Å²) in [5.41, 5.74) is 3.04. The van der Waals surface area contributed by atoms with Crippen LogP contribution >= 0.6 is 0 Å². The molecule has 0 bridgehead atoms. The topological polar surface area (TPSA) is 89.7 Å². The third-order valence-electron chi connectivity index (χ3n) is 6.14. The fraction of sp³-hybridized carbons (Fsp3) is 0.148. The van der Waals surface area contributed by atoms with E-state index in [1.54, 1.807) is 37.3 Å². The molecule has 4 aromatic rings. The van der Waals surface area contributed by atoms with Gasteiger partial charge in [0.15, 0.2) is 11.5 Å². The Morgan fingerprint density at radius 3 is 2.58 bits per heavy atom. The average Bonchev–Trinajstić information content (AvgIpc) is 3.38. The maximum atomic E-state index is 14.2. The number of rotatable bonds is 4. The molecule has 0 saturated heterocycles. The number of amides is 2. The monoisotopic (exact) mass is 484 g/mol. The number of nitrogens with zero attached hydrogens (tertiary/aromatic N) is 3. The molecule has 0 spiro atoms. The maximum absolute atomic E-state index is 14.2. The molecule has 0 radical (unpaired) electrons. The van der Waals surface area contributed by atoms with E-state index in [0.717, 1.165) is 5.56 Å². The molecule has 0 fully saturated rings. The first kappa shape index (κ1) is 21.8. The summed E-state index contributed by atoms with van der Waals surface area (Å²) < 4.78 is 31.2. The molecule has 9 heteroatoms. The minimum atomic E-state index is -0.703. The van der Waals surface area contributed by atoms with Crippen molar-refractivity contribution in [3.05, 3.63) is 95.8 Å². The van der Waals surface area contributed by atoms with Gasteiger partial charge in [0.25, 0.3) is 5.89 Å². The third kappa shape index (κ3) is 3.84. The highest BCUT2D eigenvalue weighted by molar-refractivity contribution is 6.01. The summed E-state index contributed by atoms with van der Waals surface area (Å²) in [6, 6.07) is 19.7. The Labute approximate surface area is 206 Å². The standard InChI is InChI=1S/C27H21FN4O4/c1-16-23(26-30-25(31-36-26)17-6-3-2-4-7-17)24(18-8-5-9-19(28)14-18)29-27(33)32(16)20-10-11-21-22(15-20)35-13-12-34-21/h2-11,14-15,24H,12-13H2,1H3,(H,29,33). The molecule has 3 heterocycles. The van der Waals surface area contributed by atoms with Crippen molar-refractivity contribution in [2.75, 3.05) is 18.1 Å². The summed E-state index contributed by atoms with van der Waals surface area (Å²) in [5, 5.41) is 7.13. The van der Waals surface area contributed by atoms with Gasteiger partial charge in [0, 0.05) is 17.3 Å². The van der Waals surface area contributed by atoms with Gasteiger partial charge < -0.3 is 19.3 Å². The normalized spacial score (nSPS) is 17.2. The molecule has 0 aliphatic carbocycles. The first-order valence-corrected chi connectivity index (χ1v) is 11.4. The fourth-order valence-corrected chi connectivity index (χ4v) is 4.48. The minimum absolute atomic E-state index is 0.225. The molecule has 6 rings (SSSR count). The lowest BCUT2D eigenvalue weighted by Crippen LogP contribution is -2.46. The zero-order valence-electron chi connectivity index (χ0n) is 19.3. The second-order valence-corrected chi connectivity index (χ2v) is 8.39. The van der Waals surface area contributed by atoms with Crippen LogP contribution in [0.3, 0.4) is 0 Å². The quantitative estimate of drug-likeness (QED) is 0.420. The number of aromatic nitrogens is 2. The molecule has 1 N–H and O–H groups in total. The van der Waals surface area contributed by atoms with E-state index in [-0.39, 0.29) is 11.9 Å². The molecule has 2 aliphatic rings. The van der Waals surface area contributed by atoms with Gasteiger partial charge in [-0.15, -0.1) is 0 Å². The van der Waals surface area contributed by atoms with Gasteiger partial charge in [0.1, 0.15) is 19.0 Å². The van der Waals surface area contributed by atoms with E-state index in [4.69, 9.17) is 14.0 Å². The SMILES string of the molecule is CC1=C(c2nc(-c3ccccc3)no2)C(c2cccc(F)c2)NC(=O)N1c1ccc2c(c1)OCCO2. The number of hydrogen-bond acceptors (Lipinski definition) is 6. The summed E-state index contributed by atoms with van der Waals surface area (Å²) in [6.45, 7) is 2.69. The van der Waals surface area contributed by atoms with Gasteiger partial charge in [0.2, 0.25) is 5.82 Å². The van der Waals surface area contributed by atoms with Crippen LogP contribution in [-0.4, -0.2) is 29.4 Å². The van der Waals surface area contributed by atoms with Crippen LogP contribution in [0.5, 0.6) is 11.5 Å². The number of nitrogens with one attached hydrogen (secondary N) is 1. The second kappa shape index (κ2) is 8.84. The lowest BCUT2D eigenvalue weighted by molar-refractivity contribution is 0.171. The van der Waals surface area contributed by atoms with Gasteiger partial charge in [-0.3, -0.25) is 4.90 Å². The second-order valence-electron chi connectivity index (χ2n) is 8.39. The molecule has 36 heavy (non-hydrogen) atoms. The van der Waals surface area contributed by atoms with Crippen molar-refractivity contribution >= 4 is 17.3 Å². The number of allylic oxidation sites excluding steroid dienone is 1. The van der Waals surface area contributed by atoms with Crippen LogP contribution in [0.4, 0.5) is 14.9 Å². The first-order chi connectivity index (χ1) is 17.6. The molecular weight excluding hydrogens is 463 g/mol. The van der Waals surface area contributed by atoms with Crippen molar-refractivity contribution in [3.8, 4) is 22.9 Å². The zero-order chi connectivity index (χ0) is 24.6. The van der Waals surface area contributed by atoms with Crippen molar-refractivity contribution in [2.24, 2.45) is 0 Å². The Kier molecular flexibility index (Phi) is 5.37. The molecule has 1 aromatic heterocycles. The molecular formula is C27H21FN4O4. The number of carbonyl (C=O) groups is 1. The number of halogens is 1. The van der Waals surface area contributed by atoms with E-state index in [0.29, 0.717) is 53.1 Å². The van der Waals surface area contributed by atoms with Crippen molar-refractivity contribution < 1.29 is 23.2 Å². The molecule has 8 nitrogen and oxygen atoms in total. The van der Waals surface area contributed by atoms with Crippen LogP contribution < -0.4 is 19.7 Å². The highest BCUT2D eigenvalue weighted by Crippen LogP contribution is 2.41. The maximum Gasteiger partial charge on any atom is 0.327 e. The van der Waals surface area contributed by atoms with Gasteiger partial charge in [-0.25, -0.2) is 9.18 Å². The molecule has 1 unspecified atom stereocenters. The number of fused-ring (bicyclic) bond motifs is 1. The minimum Gasteiger partial charge on any atom is -0.486 e. The van der Waals surface area contributed by atoms with Gasteiger partial charge in [-0.2, -0.15) is 4.98 Å². The van der Waals surface area contributed by atoms with Crippen LogP contribution in [0.2, 0.25) is 0 Å². The lowest BCUT2D eigenvalue weighted by Gasteiger charge is -2.35. The largest absolute Gasteiger partial charge is 0.486 e. The Morgan fingerprint density at radius 2 is 1.78 bits per heavy atom. The fourth-order valence-electron chi connectivity index (χ4n) is 4.48. The van der Waals surface area contributed by atoms with Crippen molar-refractivity contribution in [3.63, 3.8) is 0 Å². The van der Waals surface area contributed by atoms with E-state index in [1.807, 2.05) is 30.3 Å². The van der Waals surface area contributed by atoms with Gasteiger partial charge >= 0.3 is 6.03 Å². The molecule has 3 aromatic carbocycles. The van der Waals surface area contributed by atoms with Crippen molar-refractivity contribution in [2.45, 2.75) is 13.0 Å². The van der Waals surface area contributed by atoms with Crippen LogP contribution in [0, 0.1) is 5.82 Å². The van der Waals surface area contributed by atoms with Crippen LogP contribution in [0.1, 0.15) is 24.4 Å². The molecule has 2 amide bonds. The molecule has 0 saturated carbocycles. The first-order valence-electron chi connectivity index (χ1n) is 11.4. The molecule has 1 atom stereocenters. The number of carbonyl (C=O) groups excluding carboxylic acids is 1. The van der Waals surface area contributed by atoms with Crippen LogP contribution in [0.15, 0.2) is 83.0 Å². The van der Waals surface area contributed by atoms with E-state index in [2.05, 4.69) is 15.5 Å². The number of ether oxygens (including phenoxy) is 2.